The molecule has 0 aliphatic carbocycles. The fraction of sp³-hybridized carbons (Fsp3) is 0.474. The van der Waals surface area contributed by atoms with Gasteiger partial charge in [0.2, 0.25) is 5.91 Å². The Morgan fingerprint density at radius 2 is 2.21 bits per heavy atom. The lowest BCUT2D eigenvalue weighted by atomic mass is 9.79. The molecule has 3 N–H and O–H groups in total. The molecule has 10 heteroatoms. The van der Waals surface area contributed by atoms with E-state index in [0.717, 1.165) is 6.54 Å². The molecule has 1 fully saturated rings. The Morgan fingerprint density at radius 3 is 2.83 bits per heavy atom. The highest BCUT2D eigenvalue weighted by Crippen LogP contribution is 2.52. The van der Waals surface area contributed by atoms with Crippen LogP contribution in [-0.4, -0.2) is 61.1 Å². The summed E-state index contributed by atoms with van der Waals surface area (Å²) in [6.45, 7) is 6.35. The molecule has 0 aromatic carbocycles. The van der Waals surface area contributed by atoms with E-state index >= 15 is 0 Å². The molecule has 1 saturated heterocycles. The van der Waals surface area contributed by atoms with Crippen molar-refractivity contribution < 1.29 is 19.8 Å². The Morgan fingerprint density at radius 1 is 1.45 bits per heavy atom. The first-order chi connectivity index (χ1) is 13.8. The average molecular weight is 435 g/mol. The number of carboxylic acids is 1. The molecule has 0 saturated carbocycles. The minimum atomic E-state index is -1.14. The molecule has 4 rings (SSSR count). The fourth-order valence-corrected chi connectivity index (χ4v) is 5.97. The molecule has 1 amide bonds. The van der Waals surface area contributed by atoms with Crippen molar-refractivity contribution in [2.24, 2.45) is 11.8 Å². The van der Waals surface area contributed by atoms with E-state index in [9.17, 15) is 19.8 Å². The lowest BCUT2D eigenvalue weighted by molar-refractivity contribution is -0.163. The van der Waals surface area contributed by atoms with Gasteiger partial charge in [-0.15, -0.1) is 0 Å². The van der Waals surface area contributed by atoms with Crippen LogP contribution in [0.5, 0.6) is 0 Å². The summed E-state index contributed by atoms with van der Waals surface area (Å²) in [6, 6.07) is 0.0279. The molecule has 1 aromatic heterocycles. The maximum atomic E-state index is 12.4. The van der Waals surface area contributed by atoms with Gasteiger partial charge in [-0.3, -0.25) is 4.79 Å². The number of β-lactam (4-membered cyclic amide) rings is 1. The van der Waals surface area contributed by atoms with E-state index in [2.05, 4.69) is 27.7 Å². The number of nitrogens with one attached hydrogen (secondary N) is 1. The van der Waals surface area contributed by atoms with Gasteiger partial charge in [0.15, 0.2) is 10.2 Å². The first-order valence-electron chi connectivity index (χ1n) is 9.40. The summed E-state index contributed by atoms with van der Waals surface area (Å²) in [4.78, 5) is 30.6. The topological polar surface area (TPSA) is 116 Å². The van der Waals surface area contributed by atoms with Gasteiger partial charge in [0, 0.05) is 23.4 Å². The molecular weight excluding hydrogens is 412 g/mol. The van der Waals surface area contributed by atoms with Gasteiger partial charge in [-0.1, -0.05) is 30.8 Å². The molecule has 0 spiro atoms. The molecule has 3 aliphatic heterocycles. The molecule has 4 heterocycles. The number of carbonyl (C=O) groups excluding carboxylic acids is 1. The van der Waals surface area contributed by atoms with Crippen LogP contribution in [-0.2, 0) is 9.59 Å². The second-order valence-corrected chi connectivity index (χ2v) is 9.58. The zero-order valence-electron chi connectivity index (χ0n) is 16.2. The summed E-state index contributed by atoms with van der Waals surface area (Å²) in [6.07, 6.45) is 5.15. The van der Waals surface area contributed by atoms with Crippen LogP contribution >= 0.6 is 23.3 Å². The van der Waals surface area contributed by atoms with Gasteiger partial charge < -0.3 is 20.4 Å². The third-order valence-electron chi connectivity index (χ3n) is 5.47. The Labute approximate surface area is 176 Å². The van der Waals surface area contributed by atoms with Crippen molar-refractivity contribution in [3.63, 3.8) is 0 Å². The standard InChI is InChI=1S/C19H22N4O4S2/c1-8-6-11(7-20-8)4-5-12-21-19(29-22-12)28-16-9(2)14-13(10(3)24)17(25)23(14)15(16)18(26)27/h4-6,8-10,13-14,20,24H,7H2,1-3H3,(H,26,27)/b5-4+/t8-,9-,10-,13-,14?/m1/s1. The summed E-state index contributed by atoms with van der Waals surface area (Å²) >= 11 is 2.45. The maximum absolute atomic E-state index is 12.4. The highest BCUT2D eigenvalue weighted by Gasteiger charge is 2.60. The number of aromatic nitrogens is 2. The van der Waals surface area contributed by atoms with Crippen LogP contribution < -0.4 is 5.32 Å². The lowest BCUT2D eigenvalue weighted by Gasteiger charge is -2.46. The molecule has 3 aliphatic rings. The zero-order valence-corrected chi connectivity index (χ0v) is 17.8. The van der Waals surface area contributed by atoms with Gasteiger partial charge >= 0.3 is 5.97 Å². The van der Waals surface area contributed by atoms with Crippen molar-refractivity contribution in [2.45, 2.75) is 43.3 Å². The van der Waals surface area contributed by atoms with Crippen LogP contribution in [0.15, 0.2) is 32.7 Å². The van der Waals surface area contributed by atoms with Gasteiger partial charge in [-0.05, 0) is 37.0 Å². The predicted molar refractivity (Wildman–Crippen MR) is 110 cm³/mol. The highest BCUT2D eigenvalue weighted by molar-refractivity contribution is 8.04. The van der Waals surface area contributed by atoms with Crippen LogP contribution in [0, 0.1) is 11.8 Å². The number of hydrogen-bond acceptors (Lipinski definition) is 8. The summed E-state index contributed by atoms with van der Waals surface area (Å²) in [7, 11) is 0. The normalized spacial score (nSPS) is 30.0. The van der Waals surface area contributed by atoms with Crippen molar-refractivity contribution in [3.05, 3.63) is 34.2 Å². The Balaban J connectivity index is 1.54. The van der Waals surface area contributed by atoms with E-state index in [1.165, 1.54) is 33.8 Å². The van der Waals surface area contributed by atoms with Gasteiger partial charge in [0.1, 0.15) is 5.70 Å². The van der Waals surface area contributed by atoms with Crippen LogP contribution in [0.25, 0.3) is 6.08 Å². The van der Waals surface area contributed by atoms with Crippen LogP contribution in [0.1, 0.15) is 26.6 Å². The molecule has 29 heavy (non-hydrogen) atoms. The molecule has 5 atom stereocenters. The number of rotatable bonds is 6. The summed E-state index contributed by atoms with van der Waals surface area (Å²) in [5.74, 6) is -1.66. The smallest absolute Gasteiger partial charge is 0.353 e. The van der Waals surface area contributed by atoms with Crippen molar-refractivity contribution in [2.75, 3.05) is 6.54 Å². The molecule has 0 radical (unpaired) electrons. The van der Waals surface area contributed by atoms with Crippen LogP contribution in [0.4, 0.5) is 0 Å². The number of aliphatic hydroxyl groups excluding tert-OH is 1. The third-order valence-corrected chi connectivity index (χ3v) is 7.52. The third kappa shape index (κ3) is 3.54. The monoisotopic (exact) mass is 434 g/mol. The van der Waals surface area contributed by atoms with Crippen LogP contribution in [0.3, 0.4) is 0 Å². The fourth-order valence-electron chi connectivity index (χ4n) is 4.09. The summed E-state index contributed by atoms with van der Waals surface area (Å²) in [5.41, 5.74) is 1.17. The zero-order chi connectivity index (χ0) is 20.9. The average Bonchev–Trinajstić information content (AvgIpc) is 3.32. The number of hydrogen-bond donors (Lipinski definition) is 3. The molecule has 0 bridgehead atoms. The number of aliphatic carboxylic acids is 1. The number of aliphatic hydroxyl groups is 1. The predicted octanol–water partition coefficient (Wildman–Crippen LogP) is 1.72. The number of nitrogens with zero attached hydrogens (tertiary/aromatic N) is 3. The van der Waals surface area contributed by atoms with E-state index in [4.69, 9.17) is 0 Å². The number of fused-ring (bicyclic) bond motifs is 1. The van der Waals surface area contributed by atoms with Crippen molar-refractivity contribution in [1.29, 1.82) is 0 Å². The van der Waals surface area contributed by atoms with Gasteiger partial charge in [-0.2, -0.15) is 4.37 Å². The quantitative estimate of drug-likeness (QED) is 0.580. The number of amides is 1. The molecular formula is C19H22N4O4S2. The van der Waals surface area contributed by atoms with Crippen molar-refractivity contribution >= 4 is 41.2 Å². The van der Waals surface area contributed by atoms with E-state index in [0.29, 0.717) is 21.1 Å². The summed E-state index contributed by atoms with van der Waals surface area (Å²) < 4.78 is 4.96. The maximum Gasteiger partial charge on any atom is 0.353 e. The lowest BCUT2D eigenvalue weighted by Crippen LogP contribution is -2.63. The number of thioether (sulfide) groups is 1. The Kier molecular flexibility index (Phi) is 5.36. The molecule has 1 unspecified atom stereocenters. The molecule has 1 aromatic rings. The van der Waals surface area contributed by atoms with Gasteiger partial charge in [-0.25, -0.2) is 9.78 Å². The number of carboxylic acid groups (broad SMARTS) is 1. The second-order valence-electron chi connectivity index (χ2n) is 7.54. The minimum absolute atomic E-state index is 0.00198. The Bertz CT molecular complexity index is 952. The summed E-state index contributed by atoms with van der Waals surface area (Å²) in [5, 5.41) is 22.9. The molecule has 8 nitrogen and oxygen atoms in total. The SMILES string of the molecule is C[C@@H]1C=C(/C=C/c2nsc(SC3=C(C(=O)O)N4C(=O)[C@H]([C@@H](C)O)C4[C@H]3C)n2)CN1. The minimum Gasteiger partial charge on any atom is -0.477 e. The van der Waals surface area contributed by atoms with E-state index in [1.807, 2.05) is 19.1 Å². The van der Waals surface area contributed by atoms with E-state index in [1.54, 1.807) is 6.92 Å². The molecule has 154 valence electrons. The van der Waals surface area contributed by atoms with Gasteiger partial charge in [0.05, 0.1) is 18.1 Å². The van der Waals surface area contributed by atoms with E-state index < -0.39 is 18.0 Å². The largest absolute Gasteiger partial charge is 0.477 e. The number of carbonyl (C=O) groups is 2. The highest BCUT2D eigenvalue weighted by atomic mass is 32.2. The second kappa shape index (κ2) is 7.67. The van der Waals surface area contributed by atoms with Crippen molar-refractivity contribution in [1.82, 2.24) is 19.6 Å². The van der Waals surface area contributed by atoms with Crippen LogP contribution in [0.2, 0.25) is 0 Å². The van der Waals surface area contributed by atoms with Gasteiger partial charge in [0.25, 0.3) is 0 Å². The van der Waals surface area contributed by atoms with E-state index in [-0.39, 0.29) is 23.6 Å². The first-order valence-corrected chi connectivity index (χ1v) is 11.0. The Hall–Kier alpha value is -2.01. The first kappa shape index (κ1) is 20.3. The van der Waals surface area contributed by atoms with Crippen molar-refractivity contribution in [3.8, 4) is 0 Å².